The molecule has 3 heterocycles. The summed E-state index contributed by atoms with van der Waals surface area (Å²) in [6.07, 6.45) is -2.09. The second-order valence-electron chi connectivity index (χ2n) is 19.2. The first-order chi connectivity index (χ1) is 32.3. The molecule has 68 heavy (non-hydrogen) atoms. The highest BCUT2D eigenvalue weighted by Gasteiger charge is 2.45. The van der Waals surface area contributed by atoms with Crippen LogP contribution >= 0.6 is 8.53 Å². The van der Waals surface area contributed by atoms with Gasteiger partial charge in [-0.2, -0.15) is 0 Å². The summed E-state index contributed by atoms with van der Waals surface area (Å²) in [6.45, 7) is 38.0. The van der Waals surface area contributed by atoms with E-state index in [1.807, 2.05) is 6.92 Å². The summed E-state index contributed by atoms with van der Waals surface area (Å²) in [6, 6.07) is -0.631. The molecular weight excluding hydrogens is 902 g/mol. The van der Waals surface area contributed by atoms with E-state index in [1.54, 1.807) is 0 Å². The van der Waals surface area contributed by atoms with Crippen LogP contribution in [0.25, 0.3) is 4.85 Å². The third kappa shape index (κ3) is 19.1. The minimum atomic E-state index is -1.37. The maximum Gasteiger partial charge on any atom is 0.259 e. The van der Waals surface area contributed by atoms with E-state index in [1.165, 1.54) is 20.8 Å². The van der Waals surface area contributed by atoms with Crippen molar-refractivity contribution in [1.82, 2.24) is 20.6 Å². The van der Waals surface area contributed by atoms with Crippen molar-refractivity contribution in [1.29, 1.82) is 0 Å². The van der Waals surface area contributed by atoms with Crippen LogP contribution in [0.5, 0.6) is 0 Å². The van der Waals surface area contributed by atoms with Gasteiger partial charge in [-0.05, 0) is 69.6 Å². The lowest BCUT2D eigenvalue weighted by Crippen LogP contribution is -2.59. The molecule has 3 saturated heterocycles. The summed E-state index contributed by atoms with van der Waals surface area (Å²) >= 11 is 0. The number of carbonyl (C=O) groups excluding carboxylic acids is 3. The summed E-state index contributed by atoms with van der Waals surface area (Å²) in [5.74, 6) is -0.196. The molecule has 0 aromatic rings. The molecule has 0 saturated carbocycles. The Labute approximate surface area is 408 Å². The number of nitrogens with zero attached hydrogens (tertiary/aromatic N) is 2. The van der Waals surface area contributed by atoms with Gasteiger partial charge in [0, 0.05) is 39.5 Å². The fourth-order valence-electron chi connectivity index (χ4n) is 8.95. The smallest absolute Gasteiger partial charge is 0.259 e. The molecule has 3 aliphatic rings. The Balaban J connectivity index is 1.52. The number of carbonyl (C=O) groups is 3. The van der Waals surface area contributed by atoms with Crippen LogP contribution in [0.15, 0.2) is 0 Å². The predicted molar refractivity (Wildman–Crippen MR) is 257 cm³/mol. The van der Waals surface area contributed by atoms with Crippen LogP contribution < -0.4 is 16.0 Å². The molecule has 16 unspecified atom stereocenters. The van der Waals surface area contributed by atoms with Crippen molar-refractivity contribution in [2.75, 3.05) is 79.2 Å². The van der Waals surface area contributed by atoms with Crippen LogP contribution in [0.1, 0.15) is 103 Å². The van der Waals surface area contributed by atoms with Gasteiger partial charge in [0.2, 0.25) is 24.3 Å². The SMILES string of the molecule is [C-]#[N+]CCOP(OCCOCC1OC(OCCOCC2OC(OCCOCC3OC(OCCC)C(NC(C)=O)C(C)C3C)C(NC(C)=O)C(C)C2C)C(NC(C)=O)C(C)C1C)N(C(C)C)C(C)C. The number of ether oxygens (including phenoxy) is 9. The highest BCUT2D eigenvalue weighted by molar-refractivity contribution is 7.44. The maximum absolute atomic E-state index is 12.3. The lowest BCUT2D eigenvalue weighted by atomic mass is 9.82. The van der Waals surface area contributed by atoms with Gasteiger partial charge in [-0.3, -0.25) is 14.4 Å². The van der Waals surface area contributed by atoms with E-state index in [-0.39, 0.29) is 141 Å². The Morgan fingerprint density at radius 1 is 0.544 bits per heavy atom. The van der Waals surface area contributed by atoms with E-state index < -0.39 is 27.4 Å². The number of hydrogen-bond acceptors (Lipinski definition) is 15. The average Bonchev–Trinajstić information content (AvgIpc) is 3.27. The Morgan fingerprint density at radius 3 is 1.21 bits per heavy atom. The molecule has 0 aliphatic carbocycles. The largest absolute Gasteiger partial charge is 0.376 e. The highest BCUT2D eigenvalue weighted by Crippen LogP contribution is 2.45. The molecule has 3 amide bonds. The van der Waals surface area contributed by atoms with Gasteiger partial charge in [0.15, 0.2) is 18.9 Å². The standard InChI is InChI=1S/C48H88N5O14P/c1-16-18-60-46-43(50-37(12)54)34(9)31(6)40(65-46)26-57-20-23-61-47-44(51-38(13)55)35(10)32(7)41(66-47)27-58-21-24-62-48-45(52-39(14)56)36(11)33(8)42(67-48)28-59-22-25-64-68(63-19-17-49-15)53(29(2)3)30(4)5/h29-36,40-48H,16-28H2,1-14H3,(H,50,54)(H,51,55)(H,52,56). The lowest BCUT2D eigenvalue weighted by molar-refractivity contribution is -0.258. The summed E-state index contributed by atoms with van der Waals surface area (Å²) < 4.78 is 70.5. The van der Waals surface area contributed by atoms with Gasteiger partial charge in [0.05, 0.1) is 95.9 Å². The summed E-state index contributed by atoms with van der Waals surface area (Å²) in [5, 5.41) is 9.07. The van der Waals surface area contributed by atoms with Gasteiger partial charge in [0.25, 0.3) is 8.53 Å². The second kappa shape index (κ2) is 31.3. The highest BCUT2D eigenvalue weighted by atomic mass is 31.2. The first-order valence-corrected chi connectivity index (χ1v) is 26.0. The molecule has 0 aromatic heterocycles. The lowest BCUT2D eigenvalue weighted by Gasteiger charge is -2.45. The second-order valence-corrected chi connectivity index (χ2v) is 20.6. The van der Waals surface area contributed by atoms with Crippen LogP contribution in [-0.4, -0.2) is 169 Å². The Hall–Kier alpha value is -2.15. The van der Waals surface area contributed by atoms with Crippen LogP contribution in [0, 0.1) is 42.1 Å². The van der Waals surface area contributed by atoms with Crippen molar-refractivity contribution < 1.29 is 66.1 Å². The van der Waals surface area contributed by atoms with Gasteiger partial charge in [-0.25, -0.2) is 11.2 Å². The van der Waals surface area contributed by atoms with Crippen molar-refractivity contribution in [2.45, 2.75) is 171 Å². The topological polar surface area (TPSA) is 196 Å². The van der Waals surface area contributed by atoms with Gasteiger partial charge in [-0.1, -0.05) is 48.5 Å². The zero-order chi connectivity index (χ0) is 50.5. The minimum absolute atomic E-state index is 0.00202. The van der Waals surface area contributed by atoms with E-state index in [0.29, 0.717) is 39.6 Å². The minimum Gasteiger partial charge on any atom is -0.376 e. The molecule has 16 atom stereocenters. The first-order valence-electron chi connectivity index (χ1n) is 24.9. The molecule has 0 spiro atoms. The van der Waals surface area contributed by atoms with Crippen molar-refractivity contribution in [3.8, 4) is 0 Å². The van der Waals surface area contributed by atoms with E-state index in [4.69, 9.17) is 58.3 Å². The van der Waals surface area contributed by atoms with Crippen LogP contribution in [0.3, 0.4) is 0 Å². The Bertz CT molecular complexity index is 1510. The molecule has 0 bridgehead atoms. The van der Waals surface area contributed by atoms with Gasteiger partial charge >= 0.3 is 0 Å². The van der Waals surface area contributed by atoms with Crippen molar-refractivity contribution in [3.05, 3.63) is 11.4 Å². The number of rotatable bonds is 30. The van der Waals surface area contributed by atoms with Gasteiger partial charge in [0.1, 0.15) is 6.61 Å². The monoisotopic (exact) mass is 990 g/mol. The number of amides is 3. The normalized spacial score (nSPS) is 32.5. The fraction of sp³-hybridized carbons (Fsp3) is 0.917. The predicted octanol–water partition coefficient (Wildman–Crippen LogP) is 5.30. The average molecular weight is 990 g/mol. The Morgan fingerprint density at radius 2 is 0.882 bits per heavy atom. The zero-order valence-corrected chi connectivity index (χ0v) is 44.5. The van der Waals surface area contributed by atoms with E-state index >= 15 is 0 Å². The molecule has 20 heteroatoms. The quantitative estimate of drug-likeness (QED) is 0.0476. The molecule has 0 radical (unpaired) electrons. The summed E-state index contributed by atoms with van der Waals surface area (Å²) in [7, 11) is -1.37. The van der Waals surface area contributed by atoms with E-state index in [0.717, 1.165) is 6.42 Å². The third-order valence-corrected chi connectivity index (χ3v) is 15.4. The van der Waals surface area contributed by atoms with Crippen LogP contribution in [0.2, 0.25) is 0 Å². The fourth-order valence-corrected chi connectivity index (χ4v) is 10.5. The molecule has 3 rings (SSSR count). The van der Waals surface area contributed by atoms with Crippen molar-refractivity contribution in [3.63, 3.8) is 0 Å². The first kappa shape index (κ1) is 60.2. The van der Waals surface area contributed by atoms with Crippen LogP contribution in [0.4, 0.5) is 0 Å². The van der Waals surface area contributed by atoms with E-state index in [9.17, 15) is 14.4 Å². The summed E-state index contributed by atoms with van der Waals surface area (Å²) in [5.41, 5.74) is 0. The molecule has 19 nitrogen and oxygen atoms in total. The van der Waals surface area contributed by atoms with Gasteiger partial charge < -0.3 is 72.5 Å². The molecule has 0 aromatic carbocycles. The maximum atomic E-state index is 12.3. The van der Waals surface area contributed by atoms with Crippen LogP contribution in [-0.2, 0) is 66.1 Å². The molecule has 3 aliphatic heterocycles. The molecule has 3 fully saturated rings. The molecule has 394 valence electrons. The Kier molecular flexibility index (Phi) is 27.7. The summed E-state index contributed by atoms with van der Waals surface area (Å²) in [4.78, 5) is 39.9. The van der Waals surface area contributed by atoms with Crippen molar-refractivity contribution >= 4 is 26.2 Å². The molecule has 3 N–H and O–H groups in total. The zero-order valence-electron chi connectivity index (χ0n) is 43.6. The van der Waals surface area contributed by atoms with Crippen molar-refractivity contribution in [2.24, 2.45) is 35.5 Å². The third-order valence-electron chi connectivity index (χ3n) is 13.3. The van der Waals surface area contributed by atoms with Gasteiger partial charge in [-0.15, -0.1) is 0 Å². The number of hydrogen-bond donors (Lipinski definition) is 3. The molecular formula is C48H88N5O14P. The number of nitrogens with one attached hydrogen (secondary N) is 3. The van der Waals surface area contributed by atoms with E-state index in [2.05, 4.69) is 94.7 Å².